The van der Waals surface area contributed by atoms with Gasteiger partial charge in [-0.05, 0) is 19.4 Å². The smallest absolute Gasteiger partial charge is 0.0363 e. The van der Waals surface area contributed by atoms with Crippen molar-refractivity contribution in [3.8, 4) is 0 Å². The van der Waals surface area contributed by atoms with E-state index in [1.54, 1.807) is 0 Å². The SMILES string of the molecule is CC/C=C(Cl)\C=C/C(C)S. The van der Waals surface area contributed by atoms with Crippen molar-refractivity contribution in [2.75, 3.05) is 0 Å². The molecule has 0 aromatic heterocycles. The van der Waals surface area contributed by atoms with Crippen molar-refractivity contribution in [3.63, 3.8) is 0 Å². The van der Waals surface area contributed by atoms with Gasteiger partial charge in [-0.15, -0.1) is 0 Å². The molecule has 0 aromatic rings. The molecule has 10 heavy (non-hydrogen) atoms. The molecule has 58 valence electrons. The summed E-state index contributed by atoms with van der Waals surface area (Å²) >= 11 is 9.93. The first-order chi connectivity index (χ1) is 4.66. The molecule has 0 radical (unpaired) electrons. The zero-order chi connectivity index (χ0) is 7.98. The molecule has 0 rings (SSSR count). The fraction of sp³-hybridized carbons (Fsp3) is 0.500. The van der Waals surface area contributed by atoms with Gasteiger partial charge in [0.25, 0.3) is 0 Å². The lowest BCUT2D eigenvalue weighted by Gasteiger charge is -1.91. The average molecular weight is 177 g/mol. The van der Waals surface area contributed by atoms with Crippen LogP contribution in [0, 0.1) is 0 Å². The number of rotatable bonds is 3. The number of allylic oxidation sites excluding steroid dienone is 3. The third-order valence-corrected chi connectivity index (χ3v) is 1.39. The van der Waals surface area contributed by atoms with Gasteiger partial charge < -0.3 is 0 Å². The minimum atomic E-state index is 0.277. The Labute approximate surface area is 73.4 Å². The Balaban J connectivity index is 3.77. The van der Waals surface area contributed by atoms with Gasteiger partial charge in [-0.1, -0.05) is 30.7 Å². The third kappa shape index (κ3) is 6.24. The molecule has 0 aliphatic carbocycles. The lowest BCUT2D eigenvalue weighted by atomic mass is 10.3. The summed E-state index contributed by atoms with van der Waals surface area (Å²) in [5, 5.41) is 1.07. The second-order valence-corrected chi connectivity index (χ2v) is 3.35. The number of halogens is 1. The van der Waals surface area contributed by atoms with Crippen LogP contribution in [0.2, 0.25) is 0 Å². The van der Waals surface area contributed by atoms with Crippen LogP contribution in [0.5, 0.6) is 0 Å². The van der Waals surface area contributed by atoms with Crippen molar-refractivity contribution in [3.05, 3.63) is 23.3 Å². The standard InChI is InChI=1S/C8H13ClS/c1-3-4-8(9)6-5-7(2)10/h4-7,10H,3H2,1-2H3/b6-5-,8-4+. The average Bonchev–Trinajstić information content (AvgIpc) is 1.85. The van der Waals surface area contributed by atoms with Crippen LogP contribution in [-0.2, 0) is 0 Å². The number of hydrogen-bond acceptors (Lipinski definition) is 1. The van der Waals surface area contributed by atoms with E-state index in [9.17, 15) is 0 Å². The van der Waals surface area contributed by atoms with Crippen molar-refractivity contribution < 1.29 is 0 Å². The Morgan fingerprint density at radius 2 is 2.30 bits per heavy atom. The molecule has 0 aliphatic heterocycles. The predicted octanol–water partition coefficient (Wildman–Crippen LogP) is 3.39. The van der Waals surface area contributed by atoms with E-state index < -0.39 is 0 Å². The Morgan fingerprint density at radius 1 is 1.70 bits per heavy atom. The summed E-state index contributed by atoms with van der Waals surface area (Å²) in [7, 11) is 0. The van der Waals surface area contributed by atoms with Crippen molar-refractivity contribution in [1.29, 1.82) is 0 Å². The highest BCUT2D eigenvalue weighted by molar-refractivity contribution is 7.81. The van der Waals surface area contributed by atoms with E-state index in [4.69, 9.17) is 11.6 Å². The first-order valence-corrected chi connectivity index (χ1v) is 4.28. The van der Waals surface area contributed by atoms with Gasteiger partial charge in [0.05, 0.1) is 0 Å². The Morgan fingerprint density at radius 3 is 2.70 bits per heavy atom. The van der Waals surface area contributed by atoms with E-state index in [-0.39, 0.29) is 5.25 Å². The summed E-state index contributed by atoms with van der Waals surface area (Å²) in [6.45, 7) is 4.05. The molecule has 0 nitrogen and oxygen atoms in total. The van der Waals surface area contributed by atoms with Crippen LogP contribution in [-0.4, -0.2) is 5.25 Å². The van der Waals surface area contributed by atoms with Crippen LogP contribution in [0.3, 0.4) is 0 Å². The zero-order valence-electron chi connectivity index (χ0n) is 6.34. The number of thiol groups is 1. The highest BCUT2D eigenvalue weighted by atomic mass is 35.5. The van der Waals surface area contributed by atoms with E-state index in [0.29, 0.717) is 0 Å². The van der Waals surface area contributed by atoms with Crippen molar-refractivity contribution in [2.24, 2.45) is 0 Å². The third-order valence-electron chi connectivity index (χ3n) is 0.933. The molecule has 0 bridgehead atoms. The van der Waals surface area contributed by atoms with E-state index in [1.807, 2.05) is 25.2 Å². The summed E-state index contributed by atoms with van der Waals surface area (Å²) in [4.78, 5) is 0. The zero-order valence-corrected chi connectivity index (χ0v) is 7.99. The van der Waals surface area contributed by atoms with Gasteiger partial charge in [0.2, 0.25) is 0 Å². The predicted molar refractivity (Wildman–Crippen MR) is 51.8 cm³/mol. The van der Waals surface area contributed by atoms with Crippen molar-refractivity contribution in [2.45, 2.75) is 25.5 Å². The van der Waals surface area contributed by atoms with Crippen LogP contribution in [0.25, 0.3) is 0 Å². The van der Waals surface area contributed by atoms with E-state index >= 15 is 0 Å². The fourth-order valence-electron chi connectivity index (χ4n) is 0.494. The second kappa shape index (κ2) is 5.87. The van der Waals surface area contributed by atoms with Gasteiger partial charge in [0, 0.05) is 10.3 Å². The summed E-state index contributed by atoms with van der Waals surface area (Å²) in [6.07, 6.45) is 6.78. The Kier molecular flexibility index (Phi) is 5.94. The normalized spacial score (nSPS) is 16.2. The van der Waals surface area contributed by atoms with E-state index in [2.05, 4.69) is 19.6 Å². The maximum absolute atomic E-state index is 5.77. The molecule has 1 atom stereocenters. The number of hydrogen-bond donors (Lipinski definition) is 1. The first kappa shape index (κ1) is 10.1. The monoisotopic (exact) mass is 176 g/mol. The van der Waals surface area contributed by atoms with E-state index in [0.717, 1.165) is 11.5 Å². The minimum absolute atomic E-state index is 0.277. The van der Waals surface area contributed by atoms with Gasteiger partial charge in [0.1, 0.15) is 0 Å². The molecule has 0 fully saturated rings. The van der Waals surface area contributed by atoms with Crippen LogP contribution >= 0.6 is 24.2 Å². The molecular formula is C8H13ClS. The Hall–Kier alpha value is 0.120. The molecule has 1 unspecified atom stereocenters. The second-order valence-electron chi connectivity index (χ2n) is 2.10. The molecule has 2 heteroatoms. The molecule has 0 saturated carbocycles. The van der Waals surface area contributed by atoms with Crippen LogP contribution in [0.15, 0.2) is 23.3 Å². The summed E-state index contributed by atoms with van der Waals surface area (Å²) < 4.78 is 0. The summed E-state index contributed by atoms with van der Waals surface area (Å²) in [5.74, 6) is 0. The molecule has 0 heterocycles. The largest absolute Gasteiger partial charge is 0.172 e. The van der Waals surface area contributed by atoms with Gasteiger partial charge in [-0.25, -0.2) is 0 Å². The van der Waals surface area contributed by atoms with Gasteiger partial charge in [-0.3, -0.25) is 0 Å². The molecular weight excluding hydrogens is 164 g/mol. The topological polar surface area (TPSA) is 0 Å². The van der Waals surface area contributed by atoms with Gasteiger partial charge in [-0.2, -0.15) is 12.6 Å². The summed E-state index contributed by atoms with van der Waals surface area (Å²) in [6, 6.07) is 0. The fourth-order valence-corrected chi connectivity index (χ4v) is 0.807. The Bertz CT molecular complexity index is 136. The first-order valence-electron chi connectivity index (χ1n) is 3.38. The molecule has 0 spiro atoms. The quantitative estimate of drug-likeness (QED) is 0.495. The lowest BCUT2D eigenvalue weighted by molar-refractivity contribution is 1.21. The minimum Gasteiger partial charge on any atom is -0.172 e. The van der Waals surface area contributed by atoms with E-state index in [1.165, 1.54) is 0 Å². The van der Waals surface area contributed by atoms with Gasteiger partial charge >= 0.3 is 0 Å². The molecule has 0 aromatic carbocycles. The van der Waals surface area contributed by atoms with Crippen LogP contribution in [0.4, 0.5) is 0 Å². The summed E-state index contributed by atoms with van der Waals surface area (Å²) in [5.41, 5.74) is 0. The van der Waals surface area contributed by atoms with Gasteiger partial charge in [0.15, 0.2) is 0 Å². The van der Waals surface area contributed by atoms with Crippen LogP contribution in [0.1, 0.15) is 20.3 Å². The molecule has 0 amide bonds. The highest BCUT2D eigenvalue weighted by Gasteiger charge is 1.85. The van der Waals surface area contributed by atoms with Crippen LogP contribution < -0.4 is 0 Å². The molecule has 0 N–H and O–H groups in total. The highest BCUT2D eigenvalue weighted by Crippen LogP contribution is 2.06. The lowest BCUT2D eigenvalue weighted by Crippen LogP contribution is -1.80. The maximum Gasteiger partial charge on any atom is 0.0363 e. The molecule has 0 aliphatic rings. The molecule has 0 saturated heterocycles. The van der Waals surface area contributed by atoms with Crippen molar-refractivity contribution >= 4 is 24.2 Å². The van der Waals surface area contributed by atoms with Crippen molar-refractivity contribution in [1.82, 2.24) is 0 Å². The maximum atomic E-state index is 5.77.